The van der Waals surface area contributed by atoms with E-state index in [-0.39, 0.29) is 0 Å². The van der Waals surface area contributed by atoms with Crippen molar-refractivity contribution in [1.29, 1.82) is 0 Å². The van der Waals surface area contributed by atoms with Gasteiger partial charge in [0.15, 0.2) is 11.6 Å². The Morgan fingerprint density at radius 3 is 2.08 bits per heavy atom. The average molecular weight is 468 g/mol. The lowest BCUT2D eigenvalue weighted by atomic mass is 10.1. The maximum atomic E-state index is 4.87. The summed E-state index contributed by atoms with van der Waals surface area (Å²) in [6.45, 7) is 6.12. The van der Waals surface area contributed by atoms with Gasteiger partial charge >= 0.3 is 0 Å². The van der Waals surface area contributed by atoms with E-state index in [1.54, 1.807) is 0 Å². The normalized spacial score (nSPS) is 11.1. The van der Waals surface area contributed by atoms with Crippen molar-refractivity contribution in [2.24, 2.45) is 0 Å². The summed E-state index contributed by atoms with van der Waals surface area (Å²) in [5, 5.41) is 5.65. The van der Waals surface area contributed by atoms with Crippen LogP contribution in [0.15, 0.2) is 115 Å². The molecule has 5 nitrogen and oxygen atoms in total. The number of anilines is 1. The number of rotatable bonds is 6. The molecule has 0 saturated carbocycles. The molecule has 4 aromatic carbocycles. The van der Waals surface area contributed by atoms with Gasteiger partial charge in [0.1, 0.15) is 0 Å². The Bertz CT molecular complexity index is 1700. The molecular formula is C31H25N5. The van der Waals surface area contributed by atoms with E-state index in [4.69, 9.17) is 9.97 Å². The Morgan fingerprint density at radius 2 is 1.33 bits per heavy atom. The molecule has 0 spiro atoms. The van der Waals surface area contributed by atoms with Crippen molar-refractivity contribution >= 4 is 27.8 Å². The summed E-state index contributed by atoms with van der Waals surface area (Å²) in [5.41, 5.74) is 6.10. The summed E-state index contributed by atoms with van der Waals surface area (Å²) in [5.74, 6) is 1.73. The summed E-state index contributed by atoms with van der Waals surface area (Å²) >= 11 is 0. The zero-order chi connectivity index (χ0) is 24.5. The van der Waals surface area contributed by atoms with Crippen molar-refractivity contribution in [3.05, 3.63) is 115 Å². The van der Waals surface area contributed by atoms with Crippen LogP contribution in [0.5, 0.6) is 0 Å². The highest BCUT2D eigenvalue weighted by Crippen LogP contribution is 2.34. The molecule has 6 aromatic rings. The Labute approximate surface area is 209 Å². The van der Waals surface area contributed by atoms with Gasteiger partial charge in [0.25, 0.3) is 0 Å². The maximum absolute atomic E-state index is 4.87. The van der Waals surface area contributed by atoms with Gasteiger partial charge < -0.3 is 9.88 Å². The van der Waals surface area contributed by atoms with Gasteiger partial charge in [-0.2, -0.15) is 9.97 Å². The molecule has 5 heteroatoms. The molecule has 0 atom stereocenters. The first-order chi connectivity index (χ1) is 17.7. The highest BCUT2D eigenvalue weighted by molar-refractivity contribution is 6.10. The molecule has 0 fully saturated rings. The number of benzene rings is 4. The van der Waals surface area contributed by atoms with Gasteiger partial charge in [-0.3, -0.25) is 0 Å². The molecule has 6 rings (SSSR count). The van der Waals surface area contributed by atoms with E-state index < -0.39 is 0 Å². The first-order valence-corrected chi connectivity index (χ1v) is 12.1. The van der Waals surface area contributed by atoms with Crippen molar-refractivity contribution in [2.75, 3.05) is 5.32 Å². The fraction of sp³-hybridized carbons (Fsp3) is 0.0645. The molecule has 0 amide bonds. The van der Waals surface area contributed by atoms with Gasteiger partial charge in [0.05, 0.1) is 11.0 Å². The van der Waals surface area contributed by atoms with Crippen LogP contribution >= 0.6 is 0 Å². The minimum Gasteiger partial charge on any atom is -0.328 e. The number of fused-ring (bicyclic) bond motifs is 3. The lowest BCUT2D eigenvalue weighted by molar-refractivity contribution is 1.03. The second kappa shape index (κ2) is 9.12. The predicted octanol–water partition coefficient (Wildman–Crippen LogP) is 7.64. The summed E-state index contributed by atoms with van der Waals surface area (Å²) in [4.78, 5) is 14.3. The molecule has 0 unspecified atom stereocenters. The van der Waals surface area contributed by atoms with Crippen LogP contribution in [0.2, 0.25) is 0 Å². The third-order valence-electron chi connectivity index (χ3n) is 6.33. The van der Waals surface area contributed by atoms with Crippen LogP contribution in [0.4, 0.5) is 5.95 Å². The third-order valence-corrected chi connectivity index (χ3v) is 6.33. The van der Waals surface area contributed by atoms with Crippen molar-refractivity contribution in [3.8, 4) is 28.5 Å². The molecule has 0 aliphatic heterocycles. The highest BCUT2D eigenvalue weighted by Gasteiger charge is 2.15. The Hall–Kier alpha value is -4.77. The molecule has 2 aromatic heterocycles. The van der Waals surface area contributed by atoms with Gasteiger partial charge in [-0.25, -0.2) is 4.98 Å². The smallest absolute Gasteiger partial charge is 0.231 e. The Kier molecular flexibility index (Phi) is 5.51. The quantitative estimate of drug-likeness (QED) is 0.273. The Morgan fingerprint density at radius 1 is 0.694 bits per heavy atom. The first-order valence-electron chi connectivity index (χ1n) is 12.1. The standard InChI is InChI=1S/C31H25N5/c1-3-21(2)32-31-34-29(22-12-6-4-7-13-22)33-30(35-31)23-18-19-26-25-16-10-11-17-27(25)36(28(26)20-23)24-14-8-5-9-15-24/h4-20H,2-3H2,1H3,(H,32,33,34,35). The van der Waals surface area contributed by atoms with Crippen LogP contribution in [0, 0.1) is 0 Å². The molecule has 174 valence electrons. The van der Waals surface area contributed by atoms with E-state index in [2.05, 4.69) is 88.2 Å². The van der Waals surface area contributed by atoms with Crippen molar-refractivity contribution in [2.45, 2.75) is 13.3 Å². The number of nitrogens with zero attached hydrogens (tertiary/aromatic N) is 4. The van der Waals surface area contributed by atoms with E-state index >= 15 is 0 Å². The molecule has 1 N–H and O–H groups in total. The monoisotopic (exact) mass is 467 g/mol. The van der Waals surface area contributed by atoms with E-state index in [9.17, 15) is 0 Å². The lowest BCUT2D eigenvalue weighted by Gasteiger charge is -2.11. The van der Waals surface area contributed by atoms with Crippen LogP contribution in [-0.2, 0) is 0 Å². The second-order valence-corrected chi connectivity index (χ2v) is 8.67. The first kappa shape index (κ1) is 21.7. The van der Waals surface area contributed by atoms with E-state index in [1.165, 1.54) is 10.8 Å². The topological polar surface area (TPSA) is 55.6 Å². The van der Waals surface area contributed by atoms with E-state index in [0.29, 0.717) is 17.6 Å². The van der Waals surface area contributed by atoms with Crippen molar-refractivity contribution < 1.29 is 0 Å². The van der Waals surface area contributed by atoms with Crippen LogP contribution in [0.3, 0.4) is 0 Å². The van der Waals surface area contributed by atoms with Gasteiger partial charge in [-0.05, 0) is 30.7 Å². The molecule has 2 heterocycles. The van der Waals surface area contributed by atoms with Crippen LogP contribution in [0.25, 0.3) is 50.3 Å². The van der Waals surface area contributed by atoms with Gasteiger partial charge in [0.2, 0.25) is 5.95 Å². The van der Waals surface area contributed by atoms with Crippen LogP contribution in [0.1, 0.15) is 13.3 Å². The zero-order valence-electron chi connectivity index (χ0n) is 20.0. The zero-order valence-corrected chi connectivity index (χ0v) is 20.0. The largest absolute Gasteiger partial charge is 0.328 e. The summed E-state index contributed by atoms with van der Waals surface area (Å²) in [6, 6.07) is 35.3. The molecule has 0 radical (unpaired) electrons. The summed E-state index contributed by atoms with van der Waals surface area (Å²) < 4.78 is 2.30. The number of aromatic nitrogens is 4. The average Bonchev–Trinajstić information content (AvgIpc) is 3.27. The van der Waals surface area contributed by atoms with Crippen LogP contribution < -0.4 is 5.32 Å². The lowest BCUT2D eigenvalue weighted by Crippen LogP contribution is -2.06. The van der Waals surface area contributed by atoms with E-state index in [1.807, 2.05) is 43.3 Å². The van der Waals surface area contributed by atoms with Crippen LogP contribution in [-0.4, -0.2) is 19.5 Å². The minimum atomic E-state index is 0.495. The predicted molar refractivity (Wildman–Crippen MR) is 148 cm³/mol. The molecule has 0 aliphatic rings. The molecule has 0 aliphatic carbocycles. The van der Waals surface area contributed by atoms with Gasteiger partial charge in [0, 0.05) is 33.3 Å². The fourth-order valence-corrected chi connectivity index (χ4v) is 4.49. The molecular weight excluding hydrogens is 442 g/mol. The SMILES string of the molecule is C=C(CC)Nc1nc(-c2ccccc2)nc(-c2ccc3c4ccccc4n(-c4ccccc4)c3c2)n1. The summed E-state index contributed by atoms with van der Waals surface area (Å²) in [7, 11) is 0. The molecule has 0 bridgehead atoms. The van der Waals surface area contributed by atoms with Crippen molar-refractivity contribution in [1.82, 2.24) is 19.5 Å². The van der Waals surface area contributed by atoms with Gasteiger partial charge in [-0.15, -0.1) is 0 Å². The molecule has 36 heavy (non-hydrogen) atoms. The van der Waals surface area contributed by atoms with Gasteiger partial charge in [-0.1, -0.05) is 92.4 Å². The number of para-hydroxylation sites is 2. The van der Waals surface area contributed by atoms with Crippen molar-refractivity contribution in [3.63, 3.8) is 0 Å². The number of hydrogen-bond donors (Lipinski definition) is 1. The minimum absolute atomic E-state index is 0.495. The number of nitrogens with one attached hydrogen (secondary N) is 1. The fourth-order valence-electron chi connectivity index (χ4n) is 4.49. The number of hydrogen-bond acceptors (Lipinski definition) is 4. The van der Waals surface area contributed by atoms with E-state index in [0.717, 1.165) is 40.0 Å². The maximum Gasteiger partial charge on any atom is 0.231 e. The summed E-state index contributed by atoms with van der Waals surface area (Å²) in [6.07, 6.45) is 0.783. The Balaban J connectivity index is 1.58. The number of allylic oxidation sites excluding steroid dienone is 1. The highest BCUT2D eigenvalue weighted by atomic mass is 15.2. The second-order valence-electron chi connectivity index (χ2n) is 8.67. The third kappa shape index (κ3) is 3.91. The molecule has 0 saturated heterocycles.